The van der Waals surface area contributed by atoms with E-state index < -0.39 is 6.09 Å². The Balaban J connectivity index is 1.49. The zero-order chi connectivity index (χ0) is 20.8. The SMILES string of the molecule is COc1ccc(OC(=O)NCC2CCCCC2)cc1-c1cncc(-c2nn[nH]n2)c1. The number of nitrogens with one attached hydrogen (secondary N) is 2. The number of benzene rings is 1. The monoisotopic (exact) mass is 408 g/mol. The normalized spacial score (nSPS) is 14.3. The van der Waals surface area contributed by atoms with Crippen molar-refractivity contribution in [2.24, 2.45) is 5.92 Å². The number of pyridine rings is 1. The van der Waals surface area contributed by atoms with Crippen LogP contribution in [0.2, 0.25) is 0 Å². The van der Waals surface area contributed by atoms with Crippen LogP contribution in [-0.2, 0) is 0 Å². The molecule has 1 amide bonds. The minimum atomic E-state index is -0.449. The van der Waals surface area contributed by atoms with Gasteiger partial charge in [-0.3, -0.25) is 4.98 Å². The largest absolute Gasteiger partial charge is 0.496 e. The molecular formula is C21H24N6O3. The highest BCUT2D eigenvalue weighted by molar-refractivity contribution is 5.76. The van der Waals surface area contributed by atoms with Crippen LogP contribution in [0.1, 0.15) is 32.1 Å². The average molecular weight is 408 g/mol. The molecule has 0 radical (unpaired) electrons. The fraction of sp³-hybridized carbons (Fsp3) is 0.381. The summed E-state index contributed by atoms with van der Waals surface area (Å²) < 4.78 is 11.0. The van der Waals surface area contributed by atoms with Gasteiger partial charge in [-0.05, 0) is 48.2 Å². The van der Waals surface area contributed by atoms with Gasteiger partial charge in [0.1, 0.15) is 11.5 Å². The number of ether oxygens (including phenoxy) is 2. The summed E-state index contributed by atoms with van der Waals surface area (Å²) in [5, 5.41) is 16.9. The van der Waals surface area contributed by atoms with E-state index in [-0.39, 0.29) is 0 Å². The van der Waals surface area contributed by atoms with E-state index in [0.29, 0.717) is 35.3 Å². The van der Waals surface area contributed by atoms with Gasteiger partial charge in [0.05, 0.1) is 7.11 Å². The Hall–Kier alpha value is -3.49. The van der Waals surface area contributed by atoms with Crippen molar-refractivity contribution < 1.29 is 14.3 Å². The molecule has 0 aliphatic heterocycles. The second kappa shape index (κ2) is 9.34. The van der Waals surface area contributed by atoms with E-state index in [0.717, 1.165) is 24.0 Å². The van der Waals surface area contributed by atoms with Crippen LogP contribution >= 0.6 is 0 Å². The van der Waals surface area contributed by atoms with Crippen molar-refractivity contribution in [1.82, 2.24) is 30.9 Å². The van der Waals surface area contributed by atoms with Crippen molar-refractivity contribution in [2.45, 2.75) is 32.1 Å². The van der Waals surface area contributed by atoms with Crippen LogP contribution in [0.5, 0.6) is 11.5 Å². The highest BCUT2D eigenvalue weighted by Gasteiger charge is 2.16. The van der Waals surface area contributed by atoms with Crippen LogP contribution in [-0.4, -0.2) is 45.4 Å². The summed E-state index contributed by atoms with van der Waals surface area (Å²) >= 11 is 0. The molecule has 2 aromatic heterocycles. The number of rotatable bonds is 6. The summed E-state index contributed by atoms with van der Waals surface area (Å²) in [4.78, 5) is 16.5. The molecule has 0 unspecified atom stereocenters. The number of tetrazole rings is 1. The zero-order valence-electron chi connectivity index (χ0n) is 16.8. The summed E-state index contributed by atoms with van der Waals surface area (Å²) in [5.74, 6) is 2.04. The molecule has 0 atom stereocenters. The number of H-pyrrole nitrogens is 1. The number of aromatic amines is 1. The van der Waals surface area contributed by atoms with E-state index in [2.05, 4.69) is 30.9 Å². The molecule has 30 heavy (non-hydrogen) atoms. The Morgan fingerprint density at radius 3 is 2.77 bits per heavy atom. The molecular weight excluding hydrogens is 384 g/mol. The third kappa shape index (κ3) is 4.73. The summed E-state index contributed by atoms with van der Waals surface area (Å²) in [6.07, 6.45) is 9.00. The lowest BCUT2D eigenvalue weighted by Crippen LogP contribution is -2.32. The first-order chi connectivity index (χ1) is 14.7. The molecule has 9 nitrogen and oxygen atoms in total. The molecule has 3 aromatic rings. The van der Waals surface area contributed by atoms with Gasteiger partial charge in [0.15, 0.2) is 0 Å². The summed E-state index contributed by atoms with van der Waals surface area (Å²) in [7, 11) is 1.59. The molecule has 1 fully saturated rings. The van der Waals surface area contributed by atoms with Gasteiger partial charge in [0.2, 0.25) is 5.82 Å². The topological polar surface area (TPSA) is 115 Å². The smallest absolute Gasteiger partial charge is 0.412 e. The van der Waals surface area contributed by atoms with Crippen LogP contribution in [0.15, 0.2) is 36.7 Å². The number of methoxy groups -OCH3 is 1. The standard InChI is InChI=1S/C21H24N6O3/c1-29-19-8-7-17(30-21(28)23-11-14-5-3-2-4-6-14)10-18(19)15-9-16(13-22-12-15)20-24-26-27-25-20/h7-10,12-14H,2-6,11H2,1H3,(H,23,28)(H,24,25,26,27). The maximum Gasteiger partial charge on any atom is 0.412 e. The first-order valence-electron chi connectivity index (χ1n) is 10.1. The molecule has 1 aliphatic carbocycles. The lowest BCUT2D eigenvalue weighted by Gasteiger charge is -2.21. The van der Waals surface area contributed by atoms with E-state index in [1.807, 2.05) is 6.07 Å². The highest BCUT2D eigenvalue weighted by atomic mass is 16.6. The van der Waals surface area contributed by atoms with Gasteiger partial charge in [-0.25, -0.2) is 4.79 Å². The van der Waals surface area contributed by atoms with Gasteiger partial charge in [-0.15, -0.1) is 10.2 Å². The number of nitrogens with zero attached hydrogens (tertiary/aromatic N) is 4. The van der Waals surface area contributed by atoms with Crippen molar-refractivity contribution in [2.75, 3.05) is 13.7 Å². The van der Waals surface area contributed by atoms with Gasteiger partial charge in [0, 0.05) is 35.6 Å². The minimum Gasteiger partial charge on any atom is -0.496 e. The molecule has 9 heteroatoms. The van der Waals surface area contributed by atoms with Crippen LogP contribution in [0.3, 0.4) is 0 Å². The molecule has 156 valence electrons. The highest BCUT2D eigenvalue weighted by Crippen LogP contribution is 2.34. The molecule has 2 N–H and O–H groups in total. The summed E-state index contributed by atoms with van der Waals surface area (Å²) in [5.41, 5.74) is 2.23. The third-order valence-corrected chi connectivity index (χ3v) is 5.29. The first kappa shape index (κ1) is 19.8. The third-order valence-electron chi connectivity index (χ3n) is 5.29. The van der Waals surface area contributed by atoms with Crippen LogP contribution < -0.4 is 14.8 Å². The molecule has 0 saturated heterocycles. The summed E-state index contributed by atoms with van der Waals surface area (Å²) in [6.45, 7) is 0.651. The number of aromatic nitrogens is 5. The molecule has 2 heterocycles. The van der Waals surface area contributed by atoms with E-state index in [9.17, 15) is 4.79 Å². The van der Waals surface area contributed by atoms with E-state index in [4.69, 9.17) is 9.47 Å². The van der Waals surface area contributed by atoms with E-state index >= 15 is 0 Å². The Kier molecular flexibility index (Phi) is 6.17. The van der Waals surface area contributed by atoms with E-state index in [1.54, 1.807) is 37.7 Å². The lowest BCUT2D eigenvalue weighted by atomic mass is 9.89. The number of carbonyl (C=O) groups excluding carboxylic acids is 1. The van der Waals surface area contributed by atoms with Gasteiger partial charge in [0.25, 0.3) is 0 Å². The van der Waals surface area contributed by atoms with Gasteiger partial charge in [-0.1, -0.05) is 19.3 Å². The van der Waals surface area contributed by atoms with Crippen molar-refractivity contribution in [3.63, 3.8) is 0 Å². The van der Waals surface area contributed by atoms with Crippen molar-refractivity contribution in [3.8, 4) is 34.0 Å². The molecule has 4 rings (SSSR count). The average Bonchev–Trinajstić information content (AvgIpc) is 3.34. The summed E-state index contributed by atoms with van der Waals surface area (Å²) in [6, 6.07) is 7.11. The van der Waals surface area contributed by atoms with Gasteiger partial charge >= 0.3 is 6.09 Å². The fourth-order valence-electron chi connectivity index (χ4n) is 3.73. The van der Waals surface area contributed by atoms with Crippen LogP contribution in [0.4, 0.5) is 4.79 Å². The Morgan fingerprint density at radius 2 is 2.00 bits per heavy atom. The first-order valence-corrected chi connectivity index (χ1v) is 10.1. The van der Waals surface area contributed by atoms with Crippen molar-refractivity contribution in [3.05, 3.63) is 36.7 Å². The number of carbonyl (C=O) groups is 1. The van der Waals surface area contributed by atoms with Crippen molar-refractivity contribution in [1.29, 1.82) is 0 Å². The maximum atomic E-state index is 12.3. The number of hydrogen-bond acceptors (Lipinski definition) is 7. The van der Waals surface area contributed by atoms with Gasteiger partial charge in [-0.2, -0.15) is 5.21 Å². The van der Waals surface area contributed by atoms with Crippen LogP contribution in [0.25, 0.3) is 22.5 Å². The predicted molar refractivity (Wildman–Crippen MR) is 110 cm³/mol. The molecule has 1 aromatic carbocycles. The lowest BCUT2D eigenvalue weighted by molar-refractivity contribution is 0.196. The van der Waals surface area contributed by atoms with Gasteiger partial charge < -0.3 is 14.8 Å². The minimum absolute atomic E-state index is 0.428. The number of amides is 1. The molecule has 0 spiro atoms. The second-order valence-electron chi connectivity index (χ2n) is 7.33. The molecule has 1 saturated carbocycles. The fourth-order valence-corrected chi connectivity index (χ4v) is 3.73. The van der Waals surface area contributed by atoms with E-state index in [1.165, 1.54) is 19.3 Å². The zero-order valence-corrected chi connectivity index (χ0v) is 16.8. The Morgan fingerprint density at radius 1 is 1.17 bits per heavy atom. The quantitative estimate of drug-likeness (QED) is 0.640. The predicted octanol–water partition coefficient (Wildman–Crippen LogP) is 3.61. The Bertz CT molecular complexity index is 986. The molecule has 0 bridgehead atoms. The number of hydrogen-bond donors (Lipinski definition) is 2. The second-order valence-corrected chi connectivity index (χ2v) is 7.33. The molecule has 1 aliphatic rings. The van der Waals surface area contributed by atoms with Crippen LogP contribution in [0, 0.1) is 5.92 Å². The Labute approximate surface area is 174 Å². The van der Waals surface area contributed by atoms with Crippen molar-refractivity contribution >= 4 is 6.09 Å². The maximum absolute atomic E-state index is 12.3.